The molecule has 1 atom stereocenters. The highest BCUT2D eigenvalue weighted by Gasteiger charge is 2.31. The molecule has 3 aromatic carbocycles. The van der Waals surface area contributed by atoms with Crippen molar-refractivity contribution in [3.63, 3.8) is 0 Å². The Balaban J connectivity index is 1.89. The van der Waals surface area contributed by atoms with Crippen molar-refractivity contribution >= 4 is 50.7 Å². The Bertz CT molecular complexity index is 1450. The first-order valence-corrected chi connectivity index (χ1v) is 16.2. The van der Waals surface area contributed by atoms with E-state index >= 15 is 0 Å². The minimum atomic E-state index is -3.62. The summed E-state index contributed by atoms with van der Waals surface area (Å²) in [4.78, 5) is 28.9. The molecule has 0 aliphatic carbocycles. The zero-order chi connectivity index (χ0) is 30.9. The van der Waals surface area contributed by atoms with E-state index in [0.717, 1.165) is 11.8 Å². The first-order valence-electron chi connectivity index (χ1n) is 13.6. The van der Waals surface area contributed by atoms with Gasteiger partial charge in [-0.25, -0.2) is 8.42 Å². The van der Waals surface area contributed by atoms with Crippen LogP contribution in [0.4, 0.5) is 5.69 Å². The maximum absolute atomic E-state index is 13.9. The first-order chi connectivity index (χ1) is 19.9. The molecule has 42 heavy (non-hydrogen) atoms. The highest BCUT2D eigenvalue weighted by atomic mass is 35.5. The van der Waals surface area contributed by atoms with Crippen molar-refractivity contribution in [1.82, 2.24) is 10.2 Å². The first kappa shape index (κ1) is 33.2. The predicted octanol–water partition coefficient (Wildman–Crippen LogP) is 5.71. The molecule has 3 aromatic rings. The van der Waals surface area contributed by atoms with E-state index in [0.29, 0.717) is 33.5 Å². The lowest BCUT2D eigenvalue weighted by Gasteiger charge is -2.32. The molecule has 0 heterocycles. The molecular formula is C31H37Cl2N3O5S. The maximum atomic E-state index is 13.9. The third-order valence-corrected chi connectivity index (χ3v) is 8.48. The minimum absolute atomic E-state index is 0.0176. The van der Waals surface area contributed by atoms with Crippen molar-refractivity contribution < 1.29 is 22.7 Å². The summed E-state index contributed by atoms with van der Waals surface area (Å²) in [6, 6.07) is 20.3. The van der Waals surface area contributed by atoms with Gasteiger partial charge in [-0.2, -0.15) is 0 Å². The Labute approximate surface area is 258 Å². The van der Waals surface area contributed by atoms with Crippen molar-refractivity contribution in [1.29, 1.82) is 0 Å². The van der Waals surface area contributed by atoms with Gasteiger partial charge in [0, 0.05) is 32.0 Å². The molecule has 3 rings (SSSR count). The number of sulfonamides is 1. The quantitative estimate of drug-likeness (QED) is 0.245. The summed E-state index contributed by atoms with van der Waals surface area (Å²) in [5, 5.41) is 3.68. The van der Waals surface area contributed by atoms with Gasteiger partial charge in [0.15, 0.2) is 0 Å². The van der Waals surface area contributed by atoms with Crippen LogP contribution in [-0.2, 0) is 32.6 Å². The molecule has 226 valence electrons. The van der Waals surface area contributed by atoms with Gasteiger partial charge in [0.25, 0.3) is 0 Å². The summed E-state index contributed by atoms with van der Waals surface area (Å²) in [7, 11) is -2.09. The molecule has 11 heteroatoms. The second-order valence-electron chi connectivity index (χ2n) is 10.3. The minimum Gasteiger partial charge on any atom is -0.497 e. The molecule has 2 amide bonds. The number of benzene rings is 3. The van der Waals surface area contributed by atoms with Crippen LogP contribution in [0, 0.1) is 0 Å². The van der Waals surface area contributed by atoms with E-state index in [1.54, 1.807) is 47.4 Å². The molecule has 0 aromatic heterocycles. The zero-order valence-corrected chi connectivity index (χ0v) is 26.5. The fraction of sp³-hybridized carbons (Fsp3) is 0.355. The van der Waals surface area contributed by atoms with Crippen LogP contribution in [0.5, 0.6) is 5.75 Å². The topological polar surface area (TPSA) is 96.0 Å². The number of methoxy groups -OCH3 is 1. The van der Waals surface area contributed by atoms with Crippen molar-refractivity contribution in [3.05, 3.63) is 94.0 Å². The Kier molecular flexibility index (Phi) is 12.1. The second-order valence-corrected chi connectivity index (χ2v) is 13.0. The number of nitrogens with zero attached hydrogens (tertiary/aromatic N) is 2. The Morgan fingerprint density at radius 1 is 0.929 bits per heavy atom. The third-order valence-electron chi connectivity index (χ3n) is 6.55. The van der Waals surface area contributed by atoms with E-state index in [-0.39, 0.29) is 43.8 Å². The second kappa shape index (κ2) is 15.3. The monoisotopic (exact) mass is 633 g/mol. The average molecular weight is 635 g/mol. The molecule has 1 N–H and O–H groups in total. The van der Waals surface area contributed by atoms with Crippen molar-refractivity contribution in [2.45, 2.75) is 51.7 Å². The smallest absolute Gasteiger partial charge is 0.243 e. The molecule has 0 spiro atoms. The summed E-state index contributed by atoms with van der Waals surface area (Å²) in [6.45, 7) is 3.93. The van der Waals surface area contributed by atoms with Crippen molar-refractivity contribution in [3.8, 4) is 5.75 Å². The lowest BCUT2D eigenvalue weighted by molar-refractivity contribution is -0.141. The number of carbonyl (C=O) groups excluding carboxylic acids is 2. The molecule has 0 fully saturated rings. The van der Waals surface area contributed by atoms with Crippen LogP contribution in [-0.4, -0.2) is 57.1 Å². The van der Waals surface area contributed by atoms with Gasteiger partial charge in [0.1, 0.15) is 11.8 Å². The van der Waals surface area contributed by atoms with Crippen LogP contribution >= 0.6 is 23.2 Å². The molecule has 0 aliphatic rings. The van der Waals surface area contributed by atoms with E-state index < -0.39 is 16.1 Å². The van der Waals surface area contributed by atoms with Gasteiger partial charge in [-0.05, 0) is 67.8 Å². The van der Waals surface area contributed by atoms with Crippen LogP contribution in [0.15, 0.2) is 72.8 Å². The van der Waals surface area contributed by atoms with Gasteiger partial charge in [-0.1, -0.05) is 59.6 Å². The SMILES string of the molecule is COc1ccc(N(CCCC(=O)N(Cc2ccc(Cl)c(Cl)c2)[C@H](Cc2ccccc2)C(=O)NC(C)C)S(C)(=O)=O)cc1. The number of ether oxygens (including phenoxy) is 1. The summed E-state index contributed by atoms with van der Waals surface area (Å²) < 4.78 is 31.7. The molecule has 0 bridgehead atoms. The summed E-state index contributed by atoms with van der Waals surface area (Å²) in [6.07, 6.45) is 1.68. The summed E-state index contributed by atoms with van der Waals surface area (Å²) in [5.41, 5.74) is 2.08. The van der Waals surface area contributed by atoms with Gasteiger partial charge in [0.2, 0.25) is 21.8 Å². The lowest BCUT2D eigenvalue weighted by Crippen LogP contribution is -2.51. The highest BCUT2D eigenvalue weighted by molar-refractivity contribution is 7.92. The Morgan fingerprint density at radius 3 is 2.17 bits per heavy atom. The molecule has 0 aliphatic heterocycles. The number of carbonyl (C=O) groups is 2. The van der Waals surface area contributed by atoms with Crippen LogP contribution in [0.1, 0.15) is 37.8 Å². The number of halogens is 2. The van der Waals surface area contributed by atoms with E-state index in [1.165, 1.54) is 11.4 Å². The number of hydrogen-bond acceptors (Lipinski definition) is 5. The molecule has 0 saturated heterocycles. The third kappa shape index (κ3) is 9.64. The van der Waals surface area contributed by atoms with E-state index in [2.05, 4.69) is 5.32 Å². The number of nitrogens with one attached hydrogen (secondary N) is 1. The average Bonchev–Trinajstić information content (AvgIpc) is 2.94. The Morgan fingerprint density at radius 2 is 1.60 bits per heavy atom. The molecule has 0 unspecified atom stereocenters. The van der Waals surface area contributed by atoms with Gasteiger partial charge in [-0.3, -0.25) is 13.9 Å². The van der Waals surface area contributed by atoms with Crippen molar-refractivity contribution in [2.24, 2.45) is 0 Å². The predicted molar refractivity (Wildman–Crippen MR) is 169 cm³/mol. The lowest BCUT2D eigenvalue weighted by atomic mass is 10.0. The van der Waals surface area contributed by atoms with Crippen LogP contribution < -0.4 is 14.4 Å². The summed E-state index contributed by atoms with van der Waals surface area (Å²) in [5.74, 6) is 0.0341. The van der Waals surface area contributed by atoms with Crippen molar-refractivity contribution in [2.75, 3.05) is 24.2 Å². The number of rotatable bonds is 14. The fourth-order valence-electron chi connectivity index (χ4n) is 4.52. The highest BCUT2D eigenvalue weighted by Crippen LogP contribution is 2.26. The van der Waals surface area contributed by atoms with Crippen LogP contribution in [0.2, 0.25) is 10.0 Å². The molecule has 8 nitrogen and oxygen atoms in total. The maximum Gasteiger partial charge on any atom is 0.243 e. The molecule has 0 saturated carbocycles. The standard InChI is InChI=1S/C31H37Cl2N3O5S/c1-22(2)34-31(38)29(20-23-9-6-5-7-10-23)35(21-24-12-17-27(32)28(33)19-24)30(37)11-8-18-36(42(4,39)40)25-13-15-26(41-3)16-14-25/h5-7,9-10,12-17,19,22,29H,8,11,18,20-21H2,1-4H3,(H,34,38)/t29-/m1/s1. The van der Waals surface area contributed by atoms with E-state index in [9.17, 15) is 18.0 Å². The number of hydrogen-bond donors (Lipinski definition) is 1. The fourth-order valence-corrected chi connectivity index (χ4v) is 5.81. The van der Waals surface area contributed by atoms with Gasteiger partial charge < -0.3 is 15.0 Å². The number of anilines is 1. The molecule has 0 radical (unpaired) electrons. The van der Waals surface area contributed by atoms with Gasteiger partial charge in [0.05, 0.1) is 29.1 Å². The van der Waals surface area contributed by atoms with Crippen LogP contribution in [0.25, 0.3) is 0 Å². The van der Waals surface area contributed by atoms with E-state index in [4.69, 9.17) is 27.9 Å². The van der Waals surface area contributed by atoms with Gasteiger partial charge >= 0.3 is 0 Å². The largest absolute Gasteiger partial charge is 0.497 e. The van der Waals surface area contributed by atoms with Gasteiger partial charge in [-0.15, -0.1) is 0 Å². The number of amides is 2. The zero-order valence-electron chi connectivity index (χ0n) is 24.2. The summed E-state index contributed by atoms with van der Waals surface area (Å²) >= 11 is 12.4. The van der Waals surface area contributed by atoms with Crippen LogP contribution in [0.3, 0.4) is 0 Å². The van der Waals surface area contributed by atoms with E-state index in [1.807, 2.05) is 44.2 Å². The normalized spacial score (nSPS) is 12.1. The molecular weight excluding hydrogens is 597 g/mol. The Hall–Kier alpha value is -3.27.